The van der Waals surface area contributed by atoms with Gasteiger partial charge in [-0.05, 0) is 6.42 Å². The van der Waals surface area contributed by atoms with Crippen LogP contribution < -0.4 is 0 Å². The molecule has 0 aliphatic carbocycles. The SMILES string of the molecule is [B][C@@H]1O[C@H](CO)C(O)C1OCC/C=C/C=C. The molecule has 4 nitrogen and oxygen atoms in total. The second-order valence-corrected chi connectivity index (χ2v) is 3.60. The molecule has 1 saturated heterocycles. The lowest BCUT2D eigenvalue weighted by Crippen LogP contribution is -2.36. The van der Waals surface area contributed by atoms with Crippen molar-refractivity contribution in [3.63, 3.8) is 0 Å². The van der Waals surface area contributed by atoms with Crippen LogP contribution in [0.1, 0.15) is 6.42 Å². The van der Waals surface area contributed by atoms with E-state index in [-0.39, 0.29) is 6.61 Å². The zero-order chi connectivity index (χ0) is 12.0. The zero-order valence-corrected chi connectivity index (χ0v) is 9.16. The molecule has 0 spiro atoms. The predicted octanol–water partition coefficient (Wildman–Crippen LogP) is -0.250. The maximum atomic E-state index is 9.70. The number of hydrogen-bond acceptors (Lipinski definition) is 4. The Morgan fingerprint density at radius 2 is 2.25 bits per heavy atom. The van der Waals surface area contributed by atoms with Gasteiger partial charge in [0.25, 0.3) is 0 Å². The fourth-order valence-corrected chi connectivity index (χ4v) is 1.57. The largest absolute Gasteiger partial charge is 0.394 e. The van der Waals surface area contributed by atoms with Gasteiger partial charge in [0.15, 0.2) is 0 Å². The van der Waals surface area contributed by atoms with Crippen LogP contribution >= 0.6 is 0 Å². The number of hydrogen-bond donors (Lipinski definition) is 2. The predicted molar refractivity (Wildman–Crippen MR) is 61.2 cm³/mol. The van der Waals surface area contributed by atoms with Crippen LogP contribution in [0, 0.1) is 0 Å². The lowest BCUT2D eigenvalue weighted by molar-refractivity contribution is -0.0273. The van der Waals surface area contributed by atoms with Gasteiger partial charge in [-0.2, -0.15) is 0 Å². The van der Waals surface area contributed by atoms with E-state index in [0.29, 0.717) is 13.0 Å². The van der Waals surface area contributed by atoms with Crippen molar-refractivity contribution in [2.45, 2.75) is 30.7 Å². The Bertz CT molecular complexity index is 244. The number of ether oxygens (including phenoxy) is 2. The quantitative estimate of drug-likeness (QED) is 0.371. The highest BCUT2D eigenvalue weighted by atomic mass is 16.6. The third-order valence-corrected chi connectivity index (χ3v) is 2.42. The van der Waals surface area contributed by atoms with Crippen molar-refractivity contribution in [1.82, 2.24) is 0 Å². The van der Waals surface area contributed by atoms with Crippen molar-refractivity contribution in [2.75, 3.05) is 13.2 Å². The van der Waals surface area contributed by atoms with Crippen molar-refractivity contribution in [3.05, 3.63) is 24.8 Å². The van der Waals surface area contributed by atoms with Crippen molar-refractivity contribution >= 4 is 7.85 Å². The average Bonchev–Trinajstić information content (AvgIpc) is 2.55. The molecule has 16 heavy (non-hydrogen) atoms. The monoisotopic (exact) mass is 224 g/mol. The summed E-state index contributed by atoms with van der Waals surface area (Å²) in [6.45, 7) is 3.73. The molecule has 0 saturated carbocycles. The molecule has 1 aliphatic rings. The van der Waals surface area contributed by atoms with Crippen LogP contribution in [0.2, 0.25) is 0 Å². The third-order valence-electron chi connectivity index (χ3n) is 2.42. The molecule has 1 fully saturated rings. The standard InChI is InChI=1S/C11H17BO4/c1-2-3-4-5-6-15-10-9(14)8(7-13)16-11(10)12/h2-4,8-11,13-14H,1,5-7H2/b4-3+/t8-,9?,10?,11-/m1/s1. The first-order chi connectivity index (χ1) is 7.70. The normalized spacial score (nSPS) is 34.6. The van der Waals surface area contributed by atoms with E-state index in [1.807, 2.05) is 12.2 Å². The molecular weight excluding hydrogens is 207 g/mol. The Labute approximate surface area is 97.0 Å². The van der Waals surface area contributed by atoms with Gasteiger partial charge in [0.1, 0.15) is 26.2 Å². The van der Waals surface area contributed by atoms with Gasteiger partial charge in [0, 0.05) is 6.00 Å². The molecule has 2 radical (unpaired) electrons. The molecule has 0 aromatic rings. The van der Waals surface area contributed by atoms with Crippen molar-refractivity contribution in [1.29, 1.82) is 0 Å². The fourth-order valence-electron chi connectivity index (χ4n) is 1.57. The molecule has 1 aliphatic heterocycles. The van der Waals surface area contributed by atoms with Gasteiger partial charge in [-0.25, -0.2) is 0 Å². The molecule has 88 valence electrons. The van der Waals surface area contributed by atoms with Gasteiger partial charge >= 0.3 is 0 Å². The van der Waals surface area contributed by atoms with Gasteiger partial charge in [0.05, 0.1) is 13.2 Å². The summed E-state index contributed by atoms with van der Waals surface area (Å²) in [5.41, 5.74) is 0. The summed E-state index contributed by atoms with van der Waals surface area (Å²) in [7, 11) is 5.62. The maximum Gasteiger partial charge on any atom is 0.112 e. The molecule has 5 heteroatoms. The Balaban J connectivity index is 2.30. The fraction of sp³-hybridized carbons (Fsp3) is 0.636. The van der Waals surface area contributed by atoms with E-state index < -0.39 is 24.3 Å². The average molecular weight is 224 g/mol. The highest BCUT2D eigenvalue weighted by Crippen LogP contribution is 2.21. The van der Waals surface area contributed by atoms with E-state index in [1.165, 1.54) is 0 Å². The summed E-state index contributed by atoms with van der Waals surface area (Å²) in [5, 5.41) is 18.6. The van der Waals surface area contributed by atoms with Crippen LogP contribution in [0.15, 0.2) is 24.8 Å². The first-order valence-electron chi connectivity index (χ1n) is 5.29. The Morgan fingerprint density at radius 3 is 2.81 bits per heavy atom. The lowest BCUT2D eigenvalue weighted by atomic mass is 9.93. The van der Waals surface area contributed by atoms with Gasteiger partial charge < -0.3 is 19.7 Å². The van der Waals surface area contributed by atoms with Crippen molar-refractivity contribution in [3.8, 4) is 0 Å². The molecule has 4 atom stereocenters. The molecule has 1 heterocycles. The van der Waals surface area contributed by atoms with Crippen molar-refractivity contribution in [2.24, 2.45) is 0 Å². The number of aliphatic hydroxyl groups is 2. The highest BCUT2D eigenvalue weighted by Gasteiger charge is 2.40. The maximum absolute atomic E-state index is 9.70. The first-order valence-corrected chi connectivity index (χ1v) is 5.29. The molecule has 1 rings (SSSR count). The van der Waals surface area contributed by atoms with Gasteiger partial charge in [-0.1, -0.05) is 24.8 Å². The van der Waals surface area contributed by atoms with Crippen LogP contribution in [0.25, 0.3) is 0 Å². The van der Waals surface area contributed by atoms with Crippen LogP contribution in [-0.2, 0) is 9.47 Å². The summed E-state index contributed by atoms with van der Waals surface area (Å²) in [5.74, 6) is 0. The summed E-state index contributed by atoms with van der Waals surface area (Å²) >= 11 is 0. The summed E-state index contributed by atoms with van der Waals surface area (Å²) in [6.07, 6.45) is 4.03. The Morgan fingerprint density at radius 1 is 1.50 bits per heavy atom. The highest BCUT2D eigenvalue weighted by molar-refractivity contribution is 6.11. The van der Waals surface area contributed by atoms with Crippen LogP contribution in [0.4, 0.5) is 0 Å². The summed E-state index contributed by atoms with van der Waals surface area (Å²) < 4.78 is 10.5. The molecule has 0 bridgehead atoms. The van der Waals surface area contributed by atoms with Gasteiger partial charge in [-0.15, -0.1) is 0 Å². The first kappa shape index (κ1) is 13.4. The smallest absolute Gasteiger partial charge is 0.112 e. The Hall–Kier alpha value is -0.615. The summed E-state index contributed by atoms with van der Waals surface area (Å²) in [6, 6.07) is -0.685. The van der Waals surface area contributed by atoms with Gasteiger partial charge in [0.2, 0.25) is 0 Å². The second kappa shape index (κ2) is 6.86. The van der Waals surface area contributed by atoms with Crippen LogP contribution in [-0.4, -0.2) is 55.6 Å². The molecule has 0 amide bonds. The topological polar surface area (TPSA) is 58.9 Å². The molecule has 0 aromatic carbocycles. The van der Waals surface area contributed by atoms with E-state index in [9.17, 15) is 5.11 Å². The van der Waals surface area contributed by atoms with E-state index in [0.717, 1.165) is 0 Å². The van der Waals surface area contributed by atoms with E-state index in [2.05, 4.69) is 6.58 Å². The minimum atomic E-state index is -0.872. The minimum absolute atomic E-state index is 0.259. The minimum Gasteiger partial charge on any atom is -0.394 e. The van der Waals surface area contributed by atoms with Crippen LogP contribution in [0.5, 0.6) is 0 Å². The molecule has 2 N–H and O–H groups in total. The van der Waals surface area contributed by atoms with Gasteiger partial charge in [-0.3, -0.25) is 0 Å². The van der Waals surface area contributed by atoms with E-state index in [1.54, 1.807) is 6.08 Å². The van der Waals surface area contributed by atoms with Crippen molar-refractivity contribution < 1.29 is 19.7 Å². The molecular formula is C11H17BO4. The number of aliphatic hydroxyl groups excluding tert-OH is 2. The number of rotatable bonds is 6. The van der Waals surface area contributed by atoms with E-state index in [4.69, 9.17) is 22.4 Å². The molecule has 0 aromatic heterocycles. The summed E-state index contributed by atoms with van der Waals surface area (Å²) in [4.78, 5) is 0. The lowest BCUT2D eigenvalue weighted by Gasteiger charge is -2.18. The van der Waals surface area contributed by atoms with E-state index >= 15 is 0 Å². The third kappa shape index (κ3) is 3.45. The molecule has 2 unspecified atom stereocenters. The zero-order valence-electron chi connectivity index (χ0n) is 9.16. The second-order valence-electron chi connectivity index (χ2n) is 3.60. The Kier molecular flexibility index (Phi) is 5.77. The number of allylic oxidation sites excluding steroid dienone is 2. The van der Waals surface area contributed by atoms with Crippen LogP contribution in [0.3, 0.4) is 0 Å².